The topological polar surface area (TPSA) is 73.4 Å². The number of aromatic nitrogens is 3. The van der Waals surface area contributed by atoms with E-state index in [0.29, 0.717) is 29.4 Å². The standard InChI is InChI=1S/C18H26N4O3/c1-10(2)16-15(12(4)20-25-16)17(23)22-9-7-8-13(22)14-11(3)19-21(5)18(14)24-6/h10,13H,7-9H2,1-6H3/t13-/m1/s1. The van der Waals surface area contributed by atoms with Gasteiger partial charge in [-0.2, -0.15) is 5.10 Å². The summed E-state index contributed by atoms with van der Waals surface area (Å²) in [5, 5.41) is 8.49. The van der Waals surface area contributed by atoms with Gasteiger partial charge < -0.3 is 14.2 Å². The molecular formula is C18H26N4O3. The van der Waals surface area contributed by atoms with Crippen LogP contribution in [0.4, 0.5) is 0 Å². The molecule has 2 aromatic heterocycles. The van der Waals surface area contributed by atoms with Gasteiger partial charge in [-0.15, -0.1) is 0 Å². The summed E-state index contributed by atoms with van der Waals surface area (Å²) < 4.78 is 12.7. The van der Waals surface area contributed by atoms with E-state index in [2.05, 4.69) is 10.3 Å². The fourth-order valence-corrected chi connectivity index (χ4v) is 3.77. The van der Waals surface area contributed by atoms with Crippen molar-refractivity contribution >= 4 is 5.91 Å². The van der Waals surface area contributed by atoms with Gasteiger partial charge in [-0.1, -0.05) is 19.0 Å². The predicted octanol–water partition coefficient (Wildman–Crippen LogP) is 3.13. The Morgan fingerprint density at radius 2 is 2.04 bits per heavy atom. The van der Waals surface area contributed by atoms with E-state index in [1.165, 1.54) is 0 Å². The molecule has 1 saturated heterocycles. The first-order valence-electron chi connectivity index (χ1n) is 8.71. The summed E-state index contributed by atoms with van der Waals surface area (Å²) in [5.74, 6) is 1.46. The minimum atomic E-state index is -0.0366. The lowest BCUT2D eigenvalue weighted by atomic mass is 10.0. The van der Waals surface area contributed by atoms with E-state index in [-0.39, 0.29) is 17.9 Å². The van der Waals surface area contributed by atoms with Gasteiger partial charge in [0, 0.05) is 19.5 Å². The normalized spacial score (nSPS) is 17.6. The van der Waals surface area contributed by atoms with Crippen LogP contribution in [0.1, 0.15) is 71.7 Å². The van der Waals surface area contributed by atoms with Gasteiger partial charge in [-0.3, -0.25) is 4.79 Å². The zero-order valence-corrected chi connectivity index (χ0v) is 15.8. The van der Waals surface area contributed by atoms with Crippen molar-refractivity contribution in [1.29, 1.82) is 0 Å². The average Bonchev–Trinajstić information content (AvgIpc) is 3.23. The van der Waals surface area contributed by atoms with Crippen molar-refractivity contribution < 1.29 is 14.1 Å². The zero-order valence-electron chi connectivity index (χ0n) is 15.8. The molecule has 25 heavy (non-hydrogen) atoms. The third-order valence-electron chi connectivity index (χ3n) is 4.88. The van der Waals surface area contributed by atoms with Crippen molar-refractivity contribution in [2.24, 2.45) is 7.05 Å². The van der Waals surface area contributed by atoms with Crippen LogP contribution in [0.15, 0.2) is 4.52 Å². The maximum Gasteiger partial charge on any atom is 0.259 e. The average molecular weight is 346 g/mol. The predicted molar refractivity (Wildman–Crippen MR) is 92.8 cm³/mol. The Morgan fingerprint density at radius 1 is 1.32 bits per heavy atom. The fraction of sp³-hybridized carbons (Fsp3) is 0.611. The Hall–Kier alpha value is -2.31. The number of amides is 1. The molecule has 0 aliphatic carbocycles. The third-order valence-corrected chi connectivity index (χ3v) is 4.88. The lowest BCUT2D eigenvalue weighted by Crippen LogP contribution is -2.32. The fourth-order valence-electron chi connectivity index (χ4n) is 3.77. The van der Waals surface area contributed by atoms with Gasteiger partial charge in [0.05, 0.1) is 30.1 Å². The second-order valence-corrected chi connectivity index (χ2v) is 6.95. The van der Waals surface area contributed by atoms with Crippen molar-refractivity contribution in [3.63, 3.8) is 0 Å². The second-order valence-electron chi connectivity index (χ2n) is 6.95. The van der Waals surface area contributed by atoms with Crippen LogP contribution in [0, 0.1) is 13.8 Å². The highest BCUT2D eigenvalue weighted by Crippen LogP contribution is 2.40. The molecule has 3 heterocycles. The Kier molecular flexibility index (Phi) is 4.58. The lowest BCUT2D eigenvalue weighted by Gasteiger charge is -2.25. The van der Waals surface area contributed by atoms with Gasteiger partial charge in [-0.05, 0) is 26.7 Å². The number of likely N-dealkylation sites (tertiary alicyclic amines) is 1. The summed E-state index contributed by atoms with van der Waals surface area (Å²) in [4.78, 5) is 15.2. The molecular weight excluding hydrogens is 320 g/mol. The number of hydrogen-bond acceptors (Lipinski definition) is 5. The summed E-state index contributed by atoms with van der Waals surface area (Å²) >= 11 is 0. The van der Waals surface area contributed by atoms with Gasteiger partial charge in [0.25, 0.3) is 5.91 Å². The summed E-state index contributed by atoms with van der Waals surface area (Å²) in [6.45, 7) is 8.51. The molecule has 1 fully saturated rings. The Labute approximate surface area is 147 Å². The number of nitrogens with zero attached hydrogens (tertiary/aromatic N) is 4. The smallest absolute Gasteiger partial charge is 0.259 e. The number of rotatable bonds is 4. The molecule has 0 aromatic carbocycles. The van der Waals surface area contributed by atoms with Crippen molar-refractivity contribution in [2.45, 2.75) is 52.5 Å². The van der Waals surface area contributed by atoms with Crippen LogP contribution in [0.5, 0.6) is 5.88 Å². The Bertz CT molecular complexity index is 791. The third kappa shape index (κ3) is 2.81. The van der Waals surface area contributed by atoms with Crippen LogP contribution in [-0.4, -0.2) is 39.4 Å². The van der Waals surface area contributed by atoms with Crippen molar-refractivity contribution in [3.05, 3.63) is 28.3 Å². The number of hydrogen-bond donors (Lipinski definition) is 0. The first-order chi connectivity index (χ1) is 11.9. The second kappa shape index (κ2) is 6.54. The summed E-state index contributed by atoms with van der Waals surface area (Å²) in [6.07, 6.45) is 1.85. The minimum absolute atomic E-state index is 0.0183. The highest BCUT2D eigenvalue weighted by atomic mass is 16.5. The highest BCUT2D eigenvalue weighted by Gasteiger charge is 2.37. The molecule has 0 N–H and O–H groups in total. The van der Waals surface area contributed by atoms with Crippen LogP contribution in [-0.2, 0) is 7.05 Å². The number of ether oxygens (including phenoxy) is 1. The van der Waals surface area contributed by atoms with E-state index >= 15 is 0 Å². The van der Waals surface area contributed by atoms with E-state index in [0.717, 1.165) is 24.1 Å². The molecule has 0 radical (unpaired) electrons. The number of carbonyl (C=O) groups is 1. The monoisotopic (exact) mass is 346 g/mol. The molecule has 7 nitrogen and oxygen atoms in total. The molecule has 0 spiro atoms. The van der Waals surface area contributed by atoms with Crippen LogP contribution < -0.4 is 4.74 Å². The first kappa shape index (κ1) is 17.5. The molecule has 0 unspecified atom stereocenters. The van der Waals surface area contributed by atoms with E-state index in [1.54, 1.807) is 11.8 Å². The Morgan fingerprint density at radius 3 is 2.68 bits per heavy atom. The molecule has 1 aliphatic rings. The van der Waals surface area contributed by atoms with Crippen molar-refractivity contribution in [3.8, 4) is 5.88 Å². The summed E-state index contributed by atoms with van der Waals surface area (Å²) in [6, 6.07) is -0.0366. The molecule has 7 heteroatoms. The maximum absolute atomic E-state index is 13.3. The molecule has 1 atom stereocenters. The molecule has 1 amide bonds. The van der Waals surface area contributed by atoms with E-state index < -0.39 is 0 Å². The SMILES string of the molecule is COc1c([C@H]2CCCN2C(=O)c2c(C)noc2C(C)C)c(C)nn1C. The minimum Gasteiger partial charge on any atom is -0.481 e. The lowest BCUT2D eigenvalue weighted by molar-refractivity contribution is 0.0730. The maximum atomic E-state index is 13.3. The molecule has 0 bridgehead atoms. The highest BCUT2D eigenvalue weighted by molar-refractivity contribution is 5.96. The molecule has 0 saturated carbocycles. The van der Waals surface area contributed by atoms with E-state index in [9.17, 15) is 4.79 Å². The quantitative estimate of drug-likeness (QED) is 0.850. The molecule has 3 rings (SSSR count). The van der Waals surface area contributed by atoms with Gasteiger partial charge in [0.2, 0.25) is 5.88 Å². The zero-order chi connectivity index (χ0) is 18.3. The van der Waals surface area contributed by atoms with Gasteiger partial charge in [0.1, 0.15) is 5.56 Å². The van der Waals surface area contributed by atoms with E-state index in [1.807, 2.05) is 39.6 Å². The van der Waals surface area contributed by atoms with Gasteiger partial charge in [-0.25, -0.2) is 4.68 Å². The molecule has 2 aromatic rings. The van der Waals surface area contributed by atoms with Crippen LogP contribution in [0.3, 0.4) is 0 Å². The van der Waals surface area contributed by atoms with Crippen LogP contribution in [0.2, 0.25) is 0 Å². The largest absolute Gasteiger partial charge is 0.481 e. The molecule has 1 aliphatic heterocycles. The Balaban J connectivity index is 2.01. The van der Waals surface area contributed by atoms with Crippen LogP contribution in [0.25, 0.3) is 0 Å². The van der Waals surface area contributed by atoms with Crippen LogP contribution >= 0.6 is 0 Å². The van der Waals surface area contributed by atoms with Gasteiger partial charge in [0.15, 0.2) is 5.76 Å². The number of aryl methyl sites for hydroxylation is 3. The first-order valence-corrected chi connectivity index (χ1v) is 8.71. The number of carbonyl (C=O) groups excluding carboxylic acids is 1. The van der Waals surface area contributed by atoms with E-state index in [4.69, 9.17) is 9.26 Å². The van der Waals surface area contributed by atoms with Crippen molar-refractivity contribution in [2.75, 3.05) is 13.7 Å². The molecule has 136 valence electrons. The summed E-state index contributed by atoms with van der Waals surface area (Å²) in [5.41, 5.74) is 3.14. The van der Waals surface area contributed by atoms with Crippen molar-refractivity contribution in [1.82, 2.24) is 19.8 Å². The summed E-state index contributed by atoms with van der Waals surface area (Å²) in [7, 11) is 3.50. The van der Waals surface area contributed by atoms with Gasteiger partial charge >= 0.3 is 0 Å². The number of methoxy groups -OCH3 is 1.